The van der Waals surface area contributed by atoms with Crippen LogP contribution in [0.4, 0.5) is 0 Å². The molecule has 13 heavy (non-hydrogen) atoms. The van der Waals surface area contributed by atoms with Crippen molar-refractivity contribution in [3.63, 3.8) is 0 Å². The molecule has 0 amide bonds. The molecule has 75 valence electrons. The standard InChI is InChI=1S/C7H5O.3ClH.Cr.H2N/c8-6-7-4-2-1-3-5-7;;;;;/h1-5H;3*1H;;1H2/q-1;;;;+3;-1/p-3. The van der Waals surface area contributed by atoms with Gasteiger partial charge in [0, 0.05) is 0 Å². The van der Waals surface area contributed by atoms with E-state index in [0.29, 0.717) is 5.56 Å². The number of hydrogen-bond donors (Lipinski definition) is 0. The first-order chi connectivity index (χ1) is 5.66. The van der Waals surface area contributed by atoms with Gasteiger partial charge in [-0.1, -0.05) is 6.07 Å². The fourth-order valence-electron chi connectivity index (χ4n) is 0.506. The number of nitrogens with two attached hydrogens (primary N) is 1. The Balaban J connectivity index is 0. The van der Waals surface area contributed by atoms with Crippen LogP contribution in [0.3, 0.4) is 0 Å². The third-order valence-corrected chi connectivity index (χ3v) is 0.892. The number of benzene rings is 1. The molecule has 0 aliphatic rings. The van der Waals surface area contributed by atoms with Gasteiger partial charge in [-0.2, -0.15) is 17.7 Å². The molecule has 0 radical (unpaired) electrons. The topological polar surface area (TPSA) is 50.6 Å². The first-order valence-corrected chi connectivity index (χ1v) is 8.09. The Morgan fingerprint density at radius 1 is 1.08 bits per heavy atom. The van der Waals surface area contributed by atoms with Crippen LogP contribution in [0.2, 0.25) is 0 Å². The van der Waals surface area contributed by atoms with Gasteiger partial charge in [-0.05, 0) is 0 Å². The zero-order valence-electron chi connectivity index (χ0n) is 6.41. The van der Waals surface area contributed by atoms with Gasteiger partial charge in [0.15, 0.2) is 0 Å². The first kappa shape index (κ1) is 15.7. The molecule has 0 saturated heterocycles. The van der Waals surface area contributed by atoms with Gasteiger partial charge < -0.3 is 10.9 Å². The molecule has 2 N–H and O–H groups in total. The molecule has 1 aromatic carbocycles. The molecule has 0 aliphatic carbocycles. The average Bonchev–Trinajstić information content (AvgIpc) is 2.05. The van der Waals surface area contributed by atoms with E-state index in [1.807, 2.05) is 6.07 Å². The van der Waals surface area contributed by atoms with Crippen molar-refractivity contribution in [3.05, 3.63) is 42.0 Å². The van der Waals surface area contributed by atoms with Crippen LogP contribution in [0.5, 0.6) is 0 Å². The molecule has 0 unspecified atom stereocenters. The summed E-state index contributed by atoms with van der Waals surface area (Å²) >= 11 is -1.62. The third kappa shape index (κ3) is 12.3. The van der Waals surface area contributed by atoms with E-state index in [0.717, 1.165) is 0 Å². The molecule has 0 aliphatic heterocycles. The van der Waals surface area contributed by atoms with Crippen LogP contribution in [0.15, 0.2) is 30.3 Å². The van der Waals surface area contributed by atoms with E-state index in [-0.39, 0.29) is 6.15 Å². The smallest absolute Gasteiger partial charge is 0.693 e. The molecule has 1 rings (SSSR count). The minimum atomic E-state index is -1.62. The monoisotopic (exact) mass is 278 g/mol. The van der Waals surface area contributed by atoms with Crippen LogP contribution in [0.1, 0.15) is 5.56 Å². The van der Waals surface area contributed by atoms with Crippen molar-refractivity contribution in [2.75, 3.05) is 0 Å². The van der Waals surface area contributed by atoms with Crippen molar-refractivity contribution >= 4 is 36.4 Å². The second-order valence-electron chi connectivity index (χ2n) is 1.64. The van der Waals surface area contributed by atoms with E-state index in [9.17, 15) is 4.79 Å². The number of halogens is 3. The fraction of sp³-hybridized carbons (Fsp3) is 0. The summed E-state index contributed by atoms with van der Waals surface area (Å²) in [5.74, 6) is 0. The largest absolute Gasteiger partial charge is 0.693 e. The second kappa shape index (κ2) is 10.3. The molecule has 0 bridgehead atoms. The van der Waals surface area contributed by atoms with Crippen molar-refractivity contribution in [1.82, 2.24) is 0 Å². The summed E-state index contributed by atoms with van der Waals surface area (Å²) in [7, 11) is 14.8. The van der Waals surface area contributed by atoms with E-state index >= 15 is 0 Å². The predicted molar refractivity (Wildman–Crippen MR) is 54.1 cm³/mol. The van der Waals surface area contributed by atoms with Gasteiger partial charge in [0.2, 0.25) is 0 Å². The van der Waals surface area contributed by atoms with Crippen LogP contribution in [-0.4, -0.2) is 6.29 Å². The molecular weight excluding hydrogens is 272 g/mol. The predicted octanol–water partition coefficient (Wildman–Crippen LogP) is 3.93. The molecule has 2 nitrogen and oxygen atoms in total. The molecule has 0 heterocycles. The van der Waals surface area contributed by atoms with Crippen LogP contribution in [0.25, 0.3) is 6.15 Å². The van der Waals surface area contributed by atoms with Gasteiger partial charge in [-0.3, -0.25) is 0 Å². The molecule has 0 spiro atoms. The third-order valence-electron chi connectivity index (χ3n) is 0.892. The van der Waals surface area contributed by atoms with Crippen molar-refractivity contribution in [3.8, 4) is 0 Å². The van der Waals surface area contributed by atoms with Crippen LogP contribution in [-0.2, 0) is 16.2 Å². The van der Waals surface area contributed by atoms with Crippen LogP contribution >= 0.6 is 30.1 Å². The quantitative estimate of drug-likeness (QED) is 0.719. The summed E-state index contributed by atoms with van der Waals surface area (Å²) in [5.41, 5.74) is 0.604. The van der Waals surface area contributed by atoms with Gasteiger partial charge in [0.1, 0.15) is 0 Å². The number of hydrogen-bond acceptors (Lipinski definition) is 1. The van der Waals surface area contributed by atoms with E-state index < -0.39 is 11.4 Å². The van der Waals surface area contributed by atoms with E-state index in [2.05, 4.69) is 0 Å². The summed E-state index contributed by atoms with van der Waals surface area (Å²) in [4.78, 5) is 9.88. The first-order valence-electron chi connectivity index (χ1n) is 2.83. The molecule has 1 aromatic rings. The average molecular weight is 279 g/mol. The van der Waals surface area contributed by atoms with Crippen LogP contribution < -0.4 is 0 Å². The van der Waals surface area contributed by atoms with E-state index in [1.54, 1.807) is 30.6 Å². The van der Waals surface area contributed by atoms with Crippen molar-refractivity contribution in [2.45, 2.75) is 0 Å². The molecule has 6 heteroatoms. The zero-order valence-corrected chi connectivity index (χ0v) is 9.96. The van der Waals surface area contributed by atoms with Crippen molar-refractivity contribution in [2.24, 2.45) is 0 Å². The molecule has 0 saturated carbocycles. The van der Waals surface area contributed by atoms with Gasteiger partial charge in [0.05, 0.1) is 6.29 Å². The Morgan fingerprint density at radius 3 is 1.69 bits per heavy atom. The summed E-state index contributed by atoms with van der Waals surface area (Å²) < 4.78 is 0. The number of rotatable bonds is 1. The number of carbonyl (C=O) groups excluding carboxylic acids is 1. The Bertz CT molecular complexity index is 217. The van der Waals surface area contributed by atoms with Crippen molar-refractivity contribution in [1.29, 1.82) is 0 Å². The Morgan fingerprint density at radius 2 is 1.46 bits per heavy atom. The summed E-state index contributed by atoms with van der Waals surface area (Å²) in [6.45, 7) is 0. The van der Waals surface area contributed by atoms with Gasteiger partial charge in [-0.15, -0.1) is 12.1 Å². The summed E-state index contributed by atoms with van der Waals surface area (Å²) in [6.07, 6.45) is 1.78. The molecule has 0 atom stereocenters. The maximum Gasteiger partial charge on any atom is -0.693 e. The van der Waals surface area contributed by atoms with Crippen molar-refractivity contribution < 1.29 is 16.2 Å². The molecule has 0 fully saturated rings. The fourth-order valence-corrected chi connectivity index (χ4v) is 0.506. The molecule has 0 aromatic heterocycles. The SMILES string of the molecule is O=[C-]c1ccccc1.[Cl][Cr]([Cl])[Cl].[NH2-]. The summed E-state index contributed by atoms with van der Waals surface area (Å²) in [6, 6.07) is 8.90. The maximum absolute atomic E-state index is 9.88. The summed E-state index contributed by atoms with van der Waals surface area (Å²) in [5, 5.41) is 0. The van der Waals surface area contributed by atoms with Gasteiger partial charge in [-0.25, -0.2) is 0 Å². The van der Waals surface area contributed by atoms with Crippen LogP contribution in [0, 0.1) is 0 Å². The van der Waals surface area contributed by atoms with E-state index in [1.165, 1.54) is 0 Å². The minimum absolute atomic E-state index is 0. The molecular formula is C7H7Cl3CrNO-2. The Kier molecular flexibility index (Phi) is 12.5. The van der Waals surface area contributed by atoms with Gasteiger partial charge >= 0.3 is 41.5 Å². The zero-order chi connectivity index (χ0) is 9.40. The Labute approximate surface area is 94.4 Å². The minimum Gasteiger partial charge on any atom is -0.693 e. The second-order valence-corrected chi connectivity index (χ2v) is 7.96. The normalized spacial score (nSPS) is 8.00. The van der Waals surface area contributed by atoms with E-state index in [4.69, 9.17) is 30.1 Å². The Hall–Kier alpha value is 0.252. The maximum atomic E-state index is 9.88. The van der Waals surface area contributed by atoms with Gasteiger partial charge in [0.25, 0.3) is 0 Å².